The van der Waals surface area contributed by atoms with Crippen molar-refractivity contribution < 1.29 is 4.74 Å². The average molecular weight is 517 g/mol. The van der Waals surface area contributed by atoms with Crippen molar-refractivity contribution in [2.45, 2.75) is 9.79 Å². The van der Waals surface area contributed by atoms with Crippen LogP contribution in [-0.2, 0) is 0 Å². The second kappa shape index (κ2) is 7.85. The van der Waals surface area contributed by atoms with Gasteiger partial charge in [-0.05, 0) is 70.1 Å². The summed E-state index contributed by atoms with van der Waals surface area (Å²) in [6, 6.07) is 43.0. The van der Waals surface area contributed by atoms with Gasteiger partial charge in [-0.1, -0.05) is 84.6 Å². The second-order valence-electron chi connectivity index (χ2n) is 10.1. The number of hydrogen-bond acceptors (Lipinski definition) is 4. The van der Waals surface area contributed by atoms with Gasteiger partial charge in [0.25, 0.3) is 0 Å². The Hall–Kier alpha value is -4.80. The Bertz CT molecular complexity index is 2040. The lowest BCUT2D eigenvalue weighted by atomic mass is 10.0. The van der Waals surface area contributed by atoms with Gasteiger partial charge >= 0.3 is 0 Å². The molecule has 0 bridgehead atoms. The lowest BCUT2D eigenvalue weighted by Crippen LogP contribution is -2.20. The van der Waals surface area contributed by atoms with E-state index in [-0.39, 0.29) is 0 Å². The Labute approximate surface area is 229 Å². The number of rotatable bonds is 1. The molecule has 0 radical (unpaired) electrons. The van der Waals surface area contributed by atoms with Gasteiger partial charge in [-0.2, -0.15) is 0 Å². The highest BCUT2D eigenvalue weighted by atomic mass is 32.2. The minimum Gasteiger partial charge on any atom is -0.453 e. The molecule has 182 valence electrons. The third-order valence-electron chi connectivity index (χ3n) is 7.73. The predicted octanol–water partition coefficient (Wildman–Crippen LogP) is 10.2. The molecule has 0 amide bonds. The molecule has 0 fully saturated rings. The van der Waals surface area contributed by atoms with Crippen LogP contribution in [-0.4, -0.2) is 4.98 Å². The van der Waals surface area contributed by atoms with E-state index in [1.165, 1.54) is 31.6 Å². The number of benzene rings is 6. The highest BCUT2D eigenvalue weighted by Gasteiger charge is 2.35. The fourth-order valence-corrected chi connectivity index (χ4v) is 7.02. The molecule has 39 heavy (non-hydrogen) atoms. The maximum Gasteiger partial charge on any atom is 0.153 e. The maximum absolute atomic E-state index is 6.70. The first-order chi connectivity index (χ1) is 19.3. The van der Waals surface area contributed by atoms with E-state index in [2.05, 4.69) is 114 Å². The van der Waals surface area contributed by atoms with Gasteiger partial charge in [-0.3, -0.25) is 0 Å². The topological polar surface area (TPSA) is 25.4 Å². The Morgan fingerprint density at radius 1 is 0.538 bits per heavy atom. The van der Waals surface area contributed by atoms with Crippen LogP contribution in [0.4, 0.5) is 17.1 Å². The number of aromatic nitrogens is 1. The fourth-order valence-electron chi connectivity index (χ4n) is 5.87. The second-order valence-corrected chi connectivity index (χ2v) is 11.2. The Balaban J connectivity index is 1.32. The summed E-state index contributed by atoms with van der Waals surface area (Å²) in [6.07, 6.45) is 0. The van der Waals surface area contributed by atoms with Crippen molar-refractivity contribution in [2.75, 3.05) is 4.90 Å². The van der Waals surface area contributed by atoms with Crippen molar-refractivity contribution in [1.82, 2.24) is 4.98 Å². The molecular weight excluding hydrogens is 496 g/mol. The molecule has 1 aromatic heterocycles. The van der Waals surface area contributed by atoms with Gasteiger partial charge in [-0.25, -0.2) is 4.98 Å². The smallest absolute Gasteiger partial charge is 0.153 e. The predicted molar refractivity (Wildman–Crippen MR) is 161 cm³/mol. The van der Waals surface area contributed by atoms with E-state index in [1.807, 2.05) is 12.1 Å². The average Bonchev–Trinajstić information content (AvgIpc) is 2.98. The summed E-state index contributed by atoms with van der Waals surface area (Å²) < 4.78 is 6.70. The monoisotopic (exact) mass is 516 g/mol. The number of fused-ring (bicyclic) bond motifs is 7. The zero-order valence-electron chi connectivity index (χ0n) is 20.8. The van der Waals surface area contributed by atoms with Crippen LogP contribution in [0.25, 0.3) is 43.7 Å². The van der Waals surface area contributed by atoms with E-state index < -0.39 is 0 Å². The van der Waals surface area contributed by atoms with Crippen LogP contribution < -0.4 is 9.64 Å². The number of anilines is 3. The van der Waals surface area contributed by atoms with Crippen molar-refractivity contribution in [3.8, 4) is 22.8 Å². The molecule has 0 N–H and O–H groups in total. The zero-order chi connectivity index (χ0) is 25.5. The lowest BCUT2D eigenvalue weighted by molar-refractivity contribution is 0.476. The Morgan fingerprint density at radius 3 is 2.00 bits per heavy atom. The van der Waals surface area contributed by atoms with Crippen LogP contribution in [0.5, 0.6) is 11.5 Å². The first-order valence-corrected chi connectivity index (χ1v) is 13.9. The molecule has 0 spiro atoms. The van der Waals surface area contributed by atoms with Gasteiger partial charge < -0.3 is 9.64 Å². The molecule has 0 unspecified atom stereocenters. The third-order valence-corrected chi connectivity index (χ3v) is 8.81. The summed E-state index contributed by atoms with van der Waals surface area (Å²) in [5.41, 5.74) is 6.33. The summed E-state index contributed by atoms with van der Waals surface area (Å²) in [6.45, 7) is 0. The molecule has 7 aromatic rings. The zero-order valence-corrected chi connectivity index (χ0v) is 21.6. The SMILES string of the molecule is c1ccc2cc3c(cc2c1)Oc1cc(-c2ccc4ccccc4n2)cc2c1N3c1cc3ccccc3cc1S2. The number of pyridine rings is 1. The summed E-state index contributed by atoms with van der Waals surface area (Å²) in [5, 5.41) is 5.97. The van der Waals surface area contributed by atoms with Gasteiger partial charge in [0, 0.05) is 20.7 Å². The highest BCUT2D eigenvalue weighted by molar-refractivity contribution is 7.99. The van der Waals surface area contributed by atoms with Gasteiger partial charge in [-0.15, -0.1) is 0 Å². The first kappa shape index (κ1) is 21.2. The van der Waals surface area contributed by atoms with E-state index in [0.717, 1.165) is 50.4 Å². The number of hydrogen-bond donors (Lipinski definition) is 0. The molecule has 0 aliphatic carbocycles. The van der Waals surface area contributed by atoms with Crippen LogP contribution in [0.15, 0.2) is 131 Å². The van der Waals surface area contributed by atoms with Crippen molar-refractivity contribution in [1.29, 1.82) is 0 Å². The molecule has 3 nitrogen and oxygen atoms in total. The molecule has 0 saturated carbocycles. The fraction of sp³-hybridized carbons (Fsp3) is 0. The largest absolute Gasteiger partial charge is 0.453 e. The maximum atomic E-state index is 6.70. The summed E-state index contributed by atoms with van der Waals surface area (Å²) in [4.78, 5) is 9.79. The van der Waals surface area contributed by atoms with Gasteiger partial charge in [0.15, 0.2) is 11.5 Å². The number of para-hydroxylation sites is 1. The van der Waals surface area contributed by atoms with E-state index in [0.29, 0.717) is 0 Å². The molecular formula is C35H20N2OS. The summed E-state index contributed by atoms with van der Waals surface area (Å²) >= 11 is 1.81. The normalized spacial score (nSPS) is 13.2. The van der Waals surface area contributed by atoms with E-state index in [9.17, 15) is 0 Å². The molecule has 2 aliphatic rings. The van der Waals surface area contributed by atoms with Gasteiger partial charge in [0.2, 0.25) is 0 Å². The highest BCUT2D eigenvalue weighted by Crippen LogP contribution is 2.61. The molecule has 4 heteroatoms. The van der Waals surface area contributed by atoms with Crippen LogP contribution in [0.2, 0.25) is 0 Å². The molecule has 9 rings (SSSR count). The van der Waals surface area contributed by atoms with Crippen LogP contribution in [0.3, 0.4) is 0 Å². The van der Waals surface area contributed by atoms with Gasteiger partial charge in [0.1, 0.15) is 5.69 Å². The minimum atomic E-state index is 0.853. The van der Waals surface area contributed by atoms with Crippen LogP contribution >= 0.6 is 11.8 Å². The lowest BCUT2D eigenvalue weighted by Gasteiger charge is -2.38. The van der Waals surface area contributed by atoms with Crippen molar-refractivity contribution in [3.05, 3.63) is 121 Å². The Morgan fingerprint density at radius 2 is 1.21 bits per heavy atom. The van der Waals surface area contributed by atoms with E-state index in [1.54, 1.807) is 11.8 Å². The van der Waals surface area contributed by atoms with Crippen molar-refractivity contribution in [3.63, 3.8) is 0 Å². The minimum absolute atomic E-state index is 0.853. The summed E-state index contributed by atoms with van der Waals surface area (Å²) in [5.74, 6) is 1.72. The van der Waals surface area contributed by atoms with E-state index >= 15 is 0 Å². The van der Waals surface area contributed by atoms with Crippen LogP contribution in [0.1, 0.15) is 0 Å². The summed E-state index contributed by atoms with van der Waals surface area (Å²) in [7, 11) is 0. The molecule has 3 heterocycles. The molecule has 6 aromatic carbocycles. The number of ether oxygens (including phenoxy) is 1. The molecule has 2 aliphatic heterocycles. The standard InChI is InChI=1S/C35H20N2OS/c1-3-10-24-17-31-29(15-22(24)8-1)37-30-16-23-9-2-4-11-25(23)19-33(30)39-34-20-26(18-32(38-31)35(34)37)28-14-13-21-7-5-6-12-27(21)36-28/h1-20H. The quantitative estimate of drug-likeness (QED) is 0.217. The number of nitrogens with zero attached hydrogens (tertiary/aromatic N) is 2. The first-order valence-electron chi connectivity index (χ1n) is 13.0. The van der Waals surface area contributed by atoms with Crippen molar-refractivity contribution in [2.24, 2.45) is 0 Å². The third kappa shape index (κ3) is 3.16. The van der Waals surface area contributed by atoms with Crippen LogP contribution in [0, 0.1) is 0 Å². The molecule has 0 saturated heterocycles. The van der Waals surface area contributed by atoms with Gasteiger partial charge in [0.05, 0.1) is 22.6 Å². The van der Waals surface area contributed by atoms with E-state index in [4.69, 9.17) is 9.72 Å². The van der Waals surface area contributed by atoms with Crippen molar-refractivity contribution >= 4 is 61.3 Å². The Kier molecular flexibility index (Phi) is 4.26. The molecule has 0 atom stereocenters.